The summed E-state index contributed by atoms with van der Waals surface area (Å²) >= 11 is 5.80. The second-order valence-electron chi connectivity index (χ2n) is 3.68. The molecule has 2 aromatic rings. The highest BCUT2D eigenvalue weighted by Crippen LogP contribution is 2.31. The van der Waals surface area contributed by atoms with Crippen LogP contribution in [0, 0.1) is 5.82 Å². The highest BCUT2D eigenvalue weighted by molar-refractivity contribution is 6.17. The predicted octanol–water partition coefficient (Wildman–Crippen LogP) is 4.24. The minimum atomic E-state index is -0.263. The Kier molecular flexibility index (Phi) is 3.64. The first-order chi connectivity index (χ1) is 8.24. The van der Waals surface area contributed by atoms with Gasteiger partial charge < -0.3 is 4.74 Å². The van der Waals surface area contributed by atoms with E-state index >= 15 is 0 Å². The van der Waals surface area contributed by atoms with Crippen molar-refractivity contribution < 1.29 is 9.13 Å². The molecule has 88 valence electrons. The molecule has 1 nitrogen and oxygen atoms in total. The minimum absolute atomic E-state index is 0.263. The highest BCUT2D eigenvalue weighted by atomic mass is 35.5. The molecule has 0 unspecified atom stereocenters. The van der Waals surface area contributed by atoms with Gasteiger partial charge in [0.05, 0.1) is 7.11 Å². The van der Waals surface area contributed by atoms with Crippen LogP contribution in [0.2, 0.25) is 0 Å². The lowest BCUT2D eigenvalue weighted by Gasteiger charge is -2.10. The topological polar surface area (TPSA) is 9.23 Å². The van der Waals surface area contributed by atoms with Crippen LogP contribution in [-0.4, -0.2) is 7.11 Å². The lowest BCUT2D eigenvalue weighted by atomic mass is 10.0. The van der Waals surface area contributed by atoms with Gasteiger partial charge >= 0.3 is 0 Å². The molecule has 0 amide bonds. The molecule has 0 aliphatic carbocycles. The van der Waals surface area contributed by atoms with Crippen molar-refractivity contribution in [3.05, 3.63) is 53.8 Å². The Labute approximate surface area is 105 Å². The first kappa shape index (κ1) is 11.9. The van der Waals surface area contributed by atoms with Crippen LogP contribution in [0.1, 0.15) is 5.56 Å². The predicted molar refractivity (Wildman–Crippen MR) is 67.9 cm³/mol. The Hall–Kier alpha value is -1.54. The van der Waals surface area contributed by atoms with Crippen LogP contribution in [0.15, 0.2) is 42.5 Å². The fraction of sp³-hybridized carbons (Fsp3) is 0.143. The maximum atomic E-state index is 13.2. The van der Waals surface area contributed by atoms with Gasteiger partial charge in [0, 0.05) is 11.4 Å². The monoisotopic (exact) mass is 250 g/mol. The SMILES string of the molecule is COc1ccc(CCl)cc1-c1cccc(F)c1. The number of ether oxygens (including phenoxy) is 1. The molecule has 2 rings (SSSR count). The Balaban J connectivity index is 2.56. The van der Waals surface area contributed by atoms with Crippen LogP contribution in [-0.2, 0) is 5.88 Å². The molecule has 0 bridgehead atoms. The van der Waals surface area contributed by atoms with E-state index in [0.717, 1.165) is 16.7 Å². The number of hydrogen-bond donors (Lipinski definition) is 0. The van der Waals surface area contributed by atoms with Crippen LogP contribution in [0.4, 0.5) is 4.39 Å². The van der Waals surface area contributed by atoms with Gasteiger partial charge in [-0.15, -0.1) is 11.6 Å². The second kappa shape index (κ2) is 5.19. The van der Waals surface area contributed by atoms with E-state index in [1.807, 2.05) is 24.3 Å². The summed E-state index contributed by atoms with van der Waals surface area (Å²) in [4.78, 5) is 0. The lowest BCUT2D eigenvalue weighted by molar-refractivity contribution is 0.416. The third-order valence-corrected chi connectivity index (χ3v) is 2.86. The van der Waals surface area contributed by atoms with Gasteiger partial charge in [-0.2, -0.15) is 0 Å². The molecule has 0 N–H and O–H groups in total. The van der Waals surface area contributed by atoms with Gasteiger partial charge in [-0.05, 0) is 35.4 Å². The number of hydrogen-bond acceptors (Lipinski definition) is 1. The van der Waals surface area contributed by atoms with Crippen LogP contribution in [0.5, 0.6) is 5.75 Å². The van der Waals surface area contributed by atoms with E-state index in [0.29, 0.717) is 11.6 Å². The van der Waals surface area contributed by atoms with Crippen molar-refractivity contribution in [2.24, 2.45) is 0 Å². The maximum Gasteiger partial charge on any atom is 0.126 e. The molecule has 0 aliphatic rings. The molecule has 3 heteroatoms. The molecule has 0 saturated carbocycles. The Morgan fingerprint density at radius 1 is 1.18 bits per heavy atom. The van der Waals surface area contributed by atoms with E-state index in [1.54, 1.807) is 13.2 Å². The molecule has 0 heterocycles. The van der Waals surface area contributed by atoms with Gasteiger partial charge in [-0.1, -0.05) is 18.2 Å². The summed E-state index contributed by atoms with van der Waals surface area (Å²) in [5, 5.41) is 0. The van der Waals surface area contributed by atoms with E-state index in [1.165, 1.54) is 12.1 Å². The normalized spacial score (nSPS) is 10.3. The van der Waals surface area contributed by atoms with Crippen LogP contribution >= 0.6 is 11.6 Å². The Morgan fingerprint density at radius 2 is 2.00 bits per heavy atom. The first-order valence-corrected chi connectivity index (χ1v) is 5.77. The zero-order valence-corrected chi connectivity index (χ0v) is 10.2. The van der Waals surface area contributed by atoms with Crippen molar-refractivity contribution >= 4 is 11.6 Å². The highest BCUT2D eigenvalue weighted by Gasteiger charge is 2.07. The van der Waals surface area contributed by atoms with E-state index in [9.17, 15) is 4.39 Å². The maximum absolute atomic E-state index is 13.2. The van der Waals surface area contributed by atoms with Gasteiger partial charge in [0.25, 0.3) is 0 Å². The summed E-state index contributed by atoms with van der Waals surface area (Å²) in [5.41, 5.74) is 2.62. The summed E-state index contributed by atoms with van der Waals surface area (Å²) in [6.45, 7) is 0. The fourth-order valence-electron chi connectivity index (χ4n) is 1.72. The van der Waals surface area contributed by atoms with E-state index in [2.05, 4.69) is 0 Å². The molecule has 0 spiro atoms. The zero-order valence-electron chi connectivity index (χ0n) is 9.41. The van der Waals surface area contributed by atoms with Crippen molar-refractivity contribution in [3.63, 3.8) is 0 Å². The molecule has 0 aromatic heterocycles. The number of methoxy groups -OCH3 is 1. The Morgan fingerprint density at radius 3 is 2.65 bits per heavy atom. The number of halogens is 2. The number of alkyl halides is 1. The van der Waals surface area contributed by atoms with Crippen molar-refractivity contribution in [2.75, 3.05) is 7.11 Å². The van der Waals surface area contributed by atoms with Gasteiger partial charge in [0.15, 0.2) is 0 Å². The van der Waals surface area contributed by atoms with Crippen LogP contribution in [0.25, 0.3) is 11.1 Å². The standard InChI is InChI=1S/C14H12ClFO/c1-17-14-6-5-10(9-15)7-13(14)11-3-2-4-12(16)8-11/h2-8H,9H2,1H3. The molecule has 2 aromatic carbocycles. The van der Waals surface area contributed by atoms with Crippen molar-refractivity contribution in [3.8, 4) is 16.9 Å². The van der Waals surface area contributed by atoms with Crippen molar-refractivity contribution in [1.29, 1.82) is 0 Å². The third-order valence-electron chi connectivity index (χ3n) is 2.55. The summed E-state index contributed by atoms with van der Waals surface area (Å²) < 4.78 is 18.5. The first-order valence-electron chi connectivity index (χ1n) is 5.23. The summed E-state index contributed by atoms with van der Waals surface area (Å²) in [6.07, 6.45) is 0. The molecule has 0 aliphatic heterocycles. The molecule has 0 radical (unpaired) electrons. The quantitative estimate of drug-likeness (QED) is 0.741. The largest absolute Gasteiger partial charge is 0.496 e. The van der Waals surface area contributed by atoms with Gasteiger partial charge in [-0.3, -0.25) is 0 Å². The number of rotatable bonds is 3. The minimum Gasteiger partial charge on any atom is -0.496 e. The molecule has 17 heavy (non-hydrogen) atoms. The van der Waals surface area contributed by atoms with E-state index < -0.39 is 0 Å². The molecule has 0 saturated heterocycles. The molecular formula is C14H12ClFO. The van der Waals surface area contributed by atoms with E-state index in [-0.39, 0.29) is 5.82 Å². The van der Waals surface area contributed by atoms with Crippen molar-refractivity contribution in [1.82, 2.24) is 0 Å². The van der Waals surface area contributed by atoms with Gasteiger partial charge in [0.1, 0.15) is 11.6 Å². The lowest BCUT2D eigenvalue weighted by Crippen LogP contribution is -1.90. The fourth-order valence-corrected chi connectivity index (χ4v) is 1.89. The van der Waals surface area contributed by atoms with E-state index in [4.69, 9.17) is 16.3 Å². The second-order valence-corrected chi connectivity index (χ2v) is 3.95. The average Bonchev–Trinajstić information content (AvgIpc) is 2.38. The smallest absolute Gasteiger partial charge is 0.126 e. The van der Waals surface area contributed by atoms with Gasteiger partial charge in [-0.25, -0.2) is 4.39 Å². The summed E-state index contributed by atoms with van der Waals surface area (Å²) in [6, 6.07) is 12.1. The molecule has 0 atom stereocenters. The Bertz CT molecular complexity index is 525. The van der Waals surface area contributed by atoms with Crippen LogP contribution < -0.4 is 4.74 Å². The van der Waals surface area contributed by atoms with Crippen molar-refractivity contribution in [2.45, 2.75) is 5.88 Å². The number of benzene rings is 2. The summed E-state index contributed by atoms with van der Waals surface area (Å²) in [7, 11) is 1.60. The average molecular weight is 251 g/mol. The van der Waals surface area contributed by atoms with Crippen LogP contribution in [0.3, 0.4) is 0 Å². The molecular weight excluding hydrogens is 239 g/mol. The third kappa shape index (κ3) is 2.59. The molecule has 0 fully saturated rings. The zero-order chi connectivity index (χ0) is 12.3. The summed E-state index contributed by atoms with van der Waals surface area (Å²) in [5.74, 6) is 0.872. The van der Waals surface area contributed by atoms with Gasteiger partial charge in [0.2, 0.25) is 0 Å².